The van der Waals surface area contributed by atoms with Crippen LogP contribution < -0.4 is 15.2 Å². The van der Waals surface area contributed by atoms with Crippen LogP contribution in [0.3, 0.4) is 0 Å². The zero-order valence-corrected chi connectivity index (χ0v) is 12.7. The van der Waals surface area contributed by atoms with Crippen LogP contribution in [0.2, 0.25) is 0 Å². The highest BCUT2D eigenvalue weighted by Crippen LogP contribution is 2.25. The van der Waals surface area contributed by atoms with Gasteiger partial charge in [0.05, 0.1) is 13.2 Å². The van der Waals surface area contributed by atoms with Gasteiger partial charge in [0.25, 0.3) is 0 Å². The monoisotopic (exact) mass is 285 g/mol. The summed E-state index contributed by atoms with van der Waals surface area (Å²) < 4.78 is 11.1. The molecule has 2 N–H and O–H groups in total. The fourth-order valence-corrected chi connectivity index (χ4v) is 2.30. The van der Waals surface area contributed by atoms with Crippen molar-refractivity contribution in [2.45, 2.75) is 26.3 Å². The number of para-hydroxylation sites is 1. The van der Waals surface area contributed by atoms with Crippen LogP contribution in [0.25, 0.3) is 0 Å². The van der Waals surface area contributed by atoms with Gasteiger partial charge in [0, 0.05) is 6.04 Å². The van der Waals surface area contributed by atoms with E-state index in [0.717, 1.165) is 29.0 Å². The average molecular weight is 285 g/mol. The molecule has 112 valence electrons. The maximum absolute atomic E-state index is 6.32. The fourth-order valence-electron chi connectivity index (χ4n) is 2.30. The summed E-state index contributed by atoms with van der Waals surface area (Å²) in [5, 5.41) is 0. The van der Waals surface area contributed by atoms with Gasteiger partial charge in [-0.25, -0.2) is 0 Å². The number of benzene rings is 2. The Labute approximate surface area is 126 Å². The molecule has 0 aliphatic heterocycles. The molecule has 3 nitrogen and oxygen atoms in total. The van der Waals surface area contributed by atoms with Crippen molar-refractivity contribution in [3.8, 4) is 11.5 Å². The van der Waals surface area contributed by atoms with Crippen molar-refractivity contribution in [2.75, 3.05) is 13.2 Å². The van der Waals surface area contributed by atoms with E-state index in [0.29, 0.717) is 13.2 Å². The van der Waals surface area contributed by atoms with Gasteiger partial charge in [0.2, 0.25) is 0 Å². The SMILES string of the molecule is CCOc1ccc(C(N)Cc2ccccc2OCC)cc1. The third kappa shape index (κ3) is 4.23. The van der Waals surface area contributed by atoms with Gasteiger partial charge in [-0.1, -0.05) is 30.3 Å². The first-order valence-corrected chi connectivity index (χ1v) is 7.43. The van der Waals surface area contributed by atoms with Crippen LogP contribution in [-0.4, -0.2) is 13.2 Å². The van der Waals surface area contributed by atoms with E-state index in [1.165, 1.54) is 0 Å². The predicted molar refractivity (Wildman–Crippen MR) is 85.9 cm³/mol. The quantitative estimate of drug-likeness (QED) is 0.843. The Balaban J connectivity index is 2.08. The summed E-state index contributed by atoms with van der Waals surface area (Å²) >= 11 is 0. The molecule has 3 heteroatoms. The molecule has 0 saturated carbocycles. The first-order valence-electron chi connectivity index (χ1n) is 7.43. The molecule has 0 heterocycles. The normalized spacial score (nSPS) is 12.0. The molecule has 0 aliphatic carbocycles. The van der Waals surface area contributed by atoms with E-state index >= 15 is 0 Å². The van der Waals surface area contributed by atoms with Crippen molar-refractivity contribution in [1.29, 1.82) is 0 Å². The Bertz CT molecular complexity index is 551. The zero-order valence-electron chi connectivity index (χ0n) is 12.7. The molecule has 0 aromatic heterocycles. The van der Waals surface area contributed by atoms with E-state index in [9.17, 15) is 0 Å². The molecule has 1 atom stereocenters. The van der Waals surface area contributed by atoms with Crippen LogP contribution in [0.4, 0.5) is 0 Å². The second kappa shape index (κ2) is 7.70. The maximum atomic E-state index is 6.32. The molecule has 2 rings (SSSR count). The summed E-state index contributed by atoms with van der Waals surface area (Å²) in [6.45, 7) is 5.30. The molecule has 0 amide bonds. The highest BCUT2D eigenvalue weighted by Gasteiger charge is 2.11. The van der Waals surface area contributed by atoms with E-state index in [1.807, 2.05) is 56.3 Å². The Morgan fingerprint density at radius 1 is 0.905 bits per heavy atom. The number of nitrogens with two attached hydrogens (primary N) is 1. The molecular formula is C18H23NO2. The number of hydrogen-bond acceptors (Lipinski definition) is 3. The van der Waals surface area contributed by atoms with Crippen molar-refractivity contribution < 1.29 is 9.47 Å². The Morgan fingerprint density at radius 3 is 2.24 bits per heavy atom. The largest absolute Gasteiger partial charge is 0.494 e. The highest BCUT2D eigenvalue weighted by atomic mass is 16.5. The Kier molecular flexibility index (Phi) is 5.64. The second-order valence-electron chi connectivity index (χ2n) is 4.85. The van der Waals surface area contributed by atoms with Crippen LogP contribution >= 0.6 is 0 Å². The lowest BCUT2D eigenvalue weighted by Crippen LogP contribution is -2.14. The Morgan fingerprint density at radius 2 is 1.57 bits per heavy atom. The summed E-state index contributed by atoms with van der Waals surface area (Å²) in [6, 6.07) is 16.0. The zero-order chi connectivity index (χ0) is 15.1. The standard InChI is InChI=1S/C18H23NO2/c1-3-20-16-11-9-14(10-12-16)17(19)13-15-7-5-6-8-18(15)21-4-2/h5-12,17H,3-4,13,19H2,1-2H3. The minimum absolute atomic E-state index is 0.0534. The molecule has 2 aromatic rings. The van der Waals surface area contributed by atoms with Crippen molar-refractivity contribution in [3.05, 3.63) is 59.7 Å². The molecule has 0 aliphatic rings. The van der Waals surface area contributed by atoms with Crippen LogP contribution in [0, 0.1) is 0 Å². The van der Waals surface area contributed by atoms with Crippen molar-refractivity contribution in [3.63, 3.8) is 0 Å². The van der Waals surface area contributed by atoms with Gasteiger partial charge in [0.1, 0.15) is 11.5 Å². The molecule has 0 fully saturated rings. The molecular weight excluding hydrogens is 262 g/mol. The summed E-state index contributed by atoms with van der Waals surface area (Å²) in [6.07, 6.45) is 0.754. The third-order valence-corrected chi connectivity index (χ3v) is 3.33. The van der Waals surface area contributed by atoms with Crippen LogP contribution in [0.15, 0.2) is 48.5 Å². The van der Waals surface area contributed by atoms with Gasteiger partial charge in [-0.2, -0.15) is 0 Å². The third-order valence-electron chi connectivity index (χ3n) is 3.33. The summed E-state index contributed by atoms with van der Waals surface area (Å²) in [5.41, 5.74) is 8.56. The predicted octanol–water partition coefficient (Wildman–Crippen LogP) is 3.73. The molecule has 21 heavy (non-hydrogen) atoms. The molecule has 0 saturated heterocycles. The van der Waals surface area contributed by atoms with E-state index in [4.69, 9.17) is 15.2 Å². The summed E-state index contributed by atoms with van der Waals surface area (Å²) in [7, 11) is 0. The van der Waals surface area contributed by atoms with E-state index < -0.39 is 0 Å². The van der Waals surface area contributed by atoms with E-state index in [-0.39, 0.29) is 6.04 Å². The topological polar surface area (TPSA) is 44.5 Å². The molecule has 0 spiro atoms. The number of rotatable bonds is 7. The molecule has 2 aromatic carbocycles. The van der Waals surface area contributed by atoms with Gasteiger partial charge < -0.3 is 15.2 Å². The molecule has 0 bridgehead atoms. The van der Waals surface area contributed by atoms with Crippen molar-refractivity contribution in [2.24, 2.45) is 5.73 Å². The highest BCUT2D eigenvalue weighted by molar-refractivity contribution is 5.36. The van der Waals surface area contributed by atoms with Crippen LogP contribution in [0.5, 0.6) is 11.5 Å². The lowest BCUT2D eigenvalue weighted by molar-refractivity contribution is 0.335. The van der Waals surface area contributed by atoms with Crippen molar-refractivity contribution in [1.82, 2.24) is 0 Å². The van der Waals surface area contributed by atoms with E-state index in [2.05, 4.69) is 6.07 Å². The first kappa shape index (κ1) is 15.4. The van der Waals surface area contributed by atoms with Crippen LogP contribution in [0.1, 0.15) is 31.0 Å². The molecule has 0 radical (unpaired) electrons. The van der Waals surface area contributed by atoms with Gasteiger partial charge in [0.15, 0.2) is 0 Å². The van der Waals surface area contributed by atoms with E-state index in [1.54, 1.807) is 0 Å². The summed E-state index contributed by atoms with van der Waals surface area (Å²) in [4.78, 5) is 0. The summed E-state index contributed by atoms with van der Waals surface area (Å²) in [5.74, 6) is 1.80. The lowest BCUT2D eigenvalue weighted by Gasteiger charge is -2.15. The van der Waals surface area contributed by atoms with Crippen molar-refractivity contribution >= 4 is 0 Å². The number of ether oxygens (including phenoxy) is 2. The smallest absolute Gasteiger partial charge is 0.122 e. The second-order valence-corrected chi connectivity index (χ2v) is 4.85. The minimum Gasteiger partial charge on any atom is -0.494 e. The number of hydrogen-bond donors (Lipinski definition) is 1. The lowest BCUT2D eigenvalue weighted by atomic mass is 9.99. The van der Waals surface area contributed by atoms with Gasteiger partial charge >= 0.3 is 0 Å². The first-order chi connectivity index (χ1) is 10.2. The maximum Gasteiger partial charge on any atom is 0.122 e. The van der Waals surface area contributed by atoms with Crippen LogP contribution in [-0.2, 0) is 6.42 Å². The Hall–Kier alpha value is -2.00. The molecule has 1 unspecified atom stereocenters. The average Bonchev–Trinajstić information content (AvgIpc) is 2.50. The van der Waals surface area contributed by atoms with Gasteiger partial charge in [-0.3, -0.25) is 0 Å². The fraction of sp³-hybridized carbons (Fsp3) is 0.333. The van der Waals surface area contributed by atoms with Gasteiger partial charge in [-0.05, 0) is 49.6 Å². The van der Waals surface area contributed by atoms with Gasteiger partial charge in [-0.15, -0.1) is 0 Å². The minimum atomic E-state index is -0.0534.